The first kappa shape index (κ1) is 19.6. The molecular weight excluding hydrogens is 338 g/mol. The lowest BCUT2D eigenvalue weighted by Gasteiger charge is -2.11. The fourth-order valence-corrected chi connectivity index (χ4v) is 2.88. The SMILES string of the molecule is CC/C=C(\C=C/N)C(/N)=C(/C=N)c1ccc(-c2ccc(S)c(C)c2)cc1. The Bertz CT molecular complexity index is 875. The Kier molecular flexibility index (Phi) is 6.87. The second-order valence-corrected chi connectivity index (χ2v) is 6.46. The summed E-state index contributed by atoms with van der Waals surface area (Å²) < 4.78 is 0. The van der Waals surface area contributed by atoms with Crippen LogP contribution in [0.25, 0.3) is 16.7 Å². The van der Waals surface area contributed by atoms with E-state index in [2.05, 4.69) is 24.8 Å². The zero-order chi connectivity index (χ0) is 19.1. The number of rotatable bonds is 6. The highest BCUT2D eigenvalue weighted by Gasteiger charge is 2.08. The van der Waals surface area contributed by atoms with E-state index in [0.29, 0.717) is 11.3 Å². The van der Waals surface area contributed by atoms with Gasteiger partial charge in [-0.2, -0.15) is 0 Å². The van der Waals surface area contributed by atoms with Crippen LogP contribution in [0.5, 0.6) is 0 Å². The van der Waals surface area contributed by atoms with Crippen LogP contribution in [-0.4, -0.2) is 6.21 Å². The molecule has 0 aliphatic rings. The highest BCUT2D eigenvalue weighted by Crippen LogP contribution is 2.27. The van der Waals surface area contributed by atoms with Gasteiger partial charge in [-0.15, -0.1) is 12.6 Å². The van der Waals surface area contributed by atoms with E-state index >= 15 is 0 Å². The predicted molar refractivity (Wildman–Crippen MR) is 115 cm³/mol. The van der Waals surface area contributed by atoms with Crippen molar-refractivity contribution >= 4 is 24.4 Å². The van der Waals surface area contributed by atoms with Gasteiger partial charge in [0.1, 0.15) is 0 Å². The lowest BCUT2D eigenvalue weighted by atomic mass is 9.97. The smallest absolute Gasteiger partial charge is 0.0480 e. The molecule has 3 nitrogen and oxygen atoms in total. The van der Waals surface area contributed by atoms with Crippen LogP contribution in [-0.2, 0) is 0 Å². The normalized spacial score (nSPS) is 13.0. The number of nitrogens with two attached hydrogens (primary N) is 2. The number of benzene rings is 2. The summed E-state index contributed by atoms with van der Waals surface area (Å²) >= 11 is 4.42. The van der Waals surface area contributed by atoms with E-state index in [1.165, 1.54) is 12.4 Å². The van der Waals surface area contributed by atoms with E-state index in [0.717, 1.165) is 39.1 Å². The lowest BCUT2D eigenvalue weighted by molar-refractivity contribution is 1.19. The number of aryl methyl sites for hydroxylation is 1. The Morgan fingerprint density at radius 3 is 2.31 bits per heavy atom. The third-order valence-corrected chi connectivity index (χ3v) is 4.67. The molecule has 0 amide bonds. The maximum atomic E-state index is 7.80. The standard InChI is InChI=1S/C22H25N3S/c1-3-4-18(11-12-23)22(25)20(14-24)17-7-5-16(6-8-17)19-9-10-21(26)15(2)13-19/h4-14,24,26H,3,23,25H2,1-2H3/b12-11-,18-4+,22-20+,24-14?. The van der Waals surface area contributed by atoms with Gasteiger partial charge in [0.25, 0.3) is 0 Å². The van der Waals surface area contributed by atoms with E-state index < -0.39 is 0 Å². The molecule has 0 aromatic heterocycles. The Labute approximate surface area is 161 Å². The second kappa shape index (κ2) is 9.11. The molecule has 26 heavy (non-hydrogen) atoms. The maximum Gasteiger partial charge on any atom is 0.0480 e. The summed E-state index contributed by atoms with van der Waals surface area (Å²) in [4.78, 5) is 0.982. The zero-order valence-electron chi connectivity index (χ0n) is 15.2. The van der Waals surface area contributed by atoms with Crippen LogP contribution in [0.4, 0.5) is 0 Å². The van der Waals surface area contributed by atoms with Crippen LogP contribution in [0.15, 0.2) is 77.0 Å². The Balaban J connectivity index is 2.44. The molecule has 0 aliphatic carbocycles. The summed E-state index contributed by atoms with van der Waals surface area (Å²) in [5, 5.41) is 7.80. The van der Waals surface area contributed by atoms with Crippen molar-refractivity contribution in [2.24, 2.45) is 11.5 Å². The molecule has 0 radical (unpaired) electrons. The number of nitrogens with one attached hydrogen (secondary N) is 1. The number of hydrogen-bond donors (Lipinski definition) is 4. The van der Waals surface area contributed by atoms with Crippen molar-refractivity contribution in [1.82, 2.24) is 0 Å². The summed E-state index contributed by atoms with van der Waals surface area (Å²) in [6.45, 7) is 4.08. The van der Waals surface area contributed by atoms with Crippen LogP contribution < -0.4 is 11.5 Å². The van der Waals surface area contributed by atoms with Gasteiger partial charge < -0.3 is 16.9 Å². The van der Waals surface area contributed by atoms with E-state index in [4.69, 9.17) is 16.9 Å². The van der Waals surface area contributed by atoms with Gasteiger partial charge in [-0.1, -0.05) is 49.4 Å². The first-order valence-electron chi connectivity index (χ1n) is 8.51. The highest BCUT2D eigenvalue weighted by molar-refractivity contribution is 7.80. The molecule has 2 aromatic carbocycles. The van der Waals surface area contributed by atoms with Gasteiger partial charge in [0.15, 0.2) is 0 Å². The predicted octanol–water partition coefficient (Wildman–Crippen LogP) is 5.08. The minimum absolute atomic E-state index is 0.548. The lowest BCUT2D eigenvalue weighted by Crippen LogP contribution is -2.06. The monoisotopic (exact) mass is 363 g/mol. The van der Waals surface area contributed by atoms with Crippen molar-refractivity contribution in [3.05, 3.63) is 83.2 Å². The average Bonchev–Trinajstić information content (AvgIpc) is 2.65. The molecule has 0 bridgehead atoms. The molecule has 0 saturated heterocycles. The Morgan fingerprint density at radius 1 is 1.12 bits per heavy atom. The van der Waals surface area contributed by atoms with Crippen molar-refractivity contribution < 1.29 is 0 Å². The third kappa shape index (κ3) is 4.46. The minimum Gasteiger partial charge on any atom is -0.405 e. The first-order chi connectivity index (χ1) is 12.5. The van der Waals surface area contributed by atoms with Gasteiger partial charge in [0, 0.05) is 22.4 Å². The number of allylic oxidation sites excluding steroid dienone is 3. The molecule has 0 unspecified atom stereocenters. The zero-order valence-corrected chi connectivity index (χ0v) is 16.1. The van der Waals surface area contributed by atoms with Crippen molar-refractivity contribution in [2.75, 3.05) is 0 Å². The molecule has 2 aromatic rings. The molecule has 0 spiro atoms. The number of thiol groups is 1. The molecule has 4 heteroatoms. The molecule has 134 valence electrons. The fourth-order valence-electron chi connectivity index (χ4n) is 2.74. The fraction of sp³-hybridized carbons (Fsp3) is 0.136. The van der Waals surface area contributed by atoms with Crippen LogP contribution >= 0.6 is 12.6 Å². The minimum atomic E-state index is 0.548. The van der Waals surface area contributed by atoms with E-state index in [9.17, 15) is 0 Å². The Hall–Kier alpha value is -2.72. The summed E-state index contributed by atoms with van der Waals surface area (Å²) in [5.74, 6) is 0. The topological polar surface area (TPSA) is 75.9 Å². The summed E-state index contributed by atoms with van der Waals surface area (Å²) in [7, 11) is 0. The molecule has 2 rings (SSSR count). The largest absolute Gasteiger partial charge is 0.405 e. The van der Waals surface area contributed by atoms with Crippen molar-refractivity contribution in [3.8, 4) is 11.1 Å². The third-order valence-electron chi connectivity index (χ3n) is 4.17. The van der Waals surface area contributed by atoms with Crippen molar-refractivity contribution in [1.29, 1.82) is 5.41 Å². The summed E-state index contributed by atoms with van der Waals surface area (Å²) in [6, 6.07) is 14.2. The first-order valence-corrected chi connectivity index (χ1v) is 8.96. The number of hydrogen-bond acceptors (Lipinski definition) is 4. The molecule has 0 saturated carbocycles. The summed E-state index contributed by atoms with van der Waals surface area (Å²) in [5.41, 5.74) is 18.2. The van der Waals surface area contributed by atoms with Gasteiger partial charge in [-0.3, -0.25) is 0 Å². The van der Waals surface area contributed by atoms with Crippen molar-refractivity contribution in [2.45, 2.75) is 25.2 Å². The van der Waals surface area contributed by atoms with Crippen LogP contribution in [0.2, 0.25) is 0 Å². The molecular formula is C22H25N3S. The average molecular weight is 364 g/mol. The van der Waals surface area contributed by atoms with E-state index in [1.807, 2.05) is 50.3 Å². The molecule has 5 N–H and O–H groups in total. The van der Waals surface area contributed by atoms with Crippen LogP contribution in [0.3, 0.4) is 0 Å². The Morgan fingerprint density at radius 2 is 1.77 bits per heavy atom. The van der Waals surface area contributed by atoms with Crippen LogP contribution in [0.1, 0.15) is 24.5 Å². The maximum absolute atomic E-state index is 7.80. The van der Waals surface area contributed by atoms with Gasteiger partial charge in [-0.05, 0) is 59.5 Å². The van der Waals surface area contributed by atoms with Crippen molar-refractivity contribution in [3.63, 3.8) is 0 Å². The molecule has 0 fully saturated rings. The molecule has 0 heterocycles. The van der Waals surface area contributed by atoms with Gasteiger partial charge in [0.2, 0.25) is 0 Å². The van der Waals surface area contributed by atoms with Gasteiger partial charge >= 0.3 is 0 Å². The molecule has 0 aliphatic heterocycles. The van der Waals surface area contributed by atoms with Gasteiger partial charge in [0.05, 0.1) is 0 Å². The van der Waals surface area contributed by atoms with E-state index in [-0.39, 0.29) is 0 Å². The van der Waals surface area contributed by atoms with Crippen LogP contribution in [0, 0.1) is 12.3 Å². The quantitative estimate of drug-likeness (QED) is 0.328. The summed E-state index contributed by atoms with van der Waals surface area (Å²) in [6.07, 6.45) is 7.35. The second-order valence-electron chi connectivity index (χ2n) is 5.98. The molecule has 0 atom stereocenters. The highest BCUT2D eigenvalue weighted by atomic mass is 32.1. The van der Waals surface area contributed by atoms with E-state index in [1.54, 1.807) is 6.08 Å². The van der Waals surface area contributed by atoms with Gasteiger partial charge in [-0.25, -0.2) is 0 Å².